The number of methoxy groups -OCH3 is 1. The number of anilines is 2. The number of fused-ring (bicyclic) bond motifs is 1. The lowest BCUT2D eigenvalue weighted by Gasteiger charge is -2.11. The molecule has 8 nitrogen and oxygen atoms in total. The summed E-state index contributed by atoms with van der Waals surface area (Å²) in [7, 11) is 5.68. The van der Waals surface area contributed by atoms with E-state index in [0.29, 0.717) is 11.3 Å². The van der Waals surface area contributed by atoms with Crippen molar-refractivity contribution in [1.29, 1.82) is 0 Å². The predicted octanol–water partition coefficient (Wildman–Crippen LogP) is 3.63. The van der Waals surface area contributed by atoms with Gasteiger partial charge in [-0.2, -0.15) is 0 Å². The Morgan fingerprint density at radius 2 is 1.78 bits per heavy atom. The molecule has 32 heavy (non-hydrogen) atoms. The molecule has 0 radical (unpaired) electrons. The zero-order valence-electron chi connectivity index (χ0n) is 18.4. The molecule has 0 aliphatic rings. The van der Waals surface area contributed by atoms with Gasteiger partial charge in [0.15, 0.2) is 5.65 Å². The maximum absolute atomic E-state index is 12.6. The van der Waals surface area contributed by atoms with Crippen molar-refractivity contribution in [3.8, 4) is 17.0 Å². The van der Waals surface area contributed by atoms with Gasteiger partial charge in [0, 0.05) is 29.9 Å². The SMILES string of the molecule is COc1ccc(NC(=O)c2ccc(-c3cnc4ccc(NCCN(C)C)nn34)cc2)cc1. The zero-order chi connectivity index (χ0) is 22.5. The van der Waals surface area contributed by atoms with Gasteiger partial charge in [0.1, 0.15) is 11.6 Å². The summed E-state index contributed by atoms with van der Waals surface area (Å²) in [5.41, 5.74) is 3.83. The average molecular weight is 431 g/mol. The highest BCUT2D eigenvalue weighted by Crippen LogP contribution is 2.22. The molecule has 2 N–H and O–H groups in total. The first kappa shape index (κ1) is 21.3. The smallest absolute Gasteiger partial charge is 0.255 e. The Morgan fingerprint density at radius 3 is 2.47 bits per heavy atom. The van der Waals surface area contributed by atoms with Crippen LogP contribution in [0, 0.1) is 0 Å². The summed E-state index contributed by atoms with van der Waals surface area (Å²) in [6.07, 6.45) is 1.79. The van der Waals surface area contributed by atoms with Gasteiger partial charge >= 0.3 is 0 Å². The molecule has 0 fully saturated rings. The number of nitrogens with one attached hydrogen (secondary N) is 2. The van der Waals surface area contributed by atoms with E-state index in [2.05, 4.69) is 25.6 Å². The second-order valence-corrected chi connectivity index (χ2v) is 7.62. The Morgan fingerprint density at radius 1 is 1.03 bits per heavy atom. The summed E-state index contributed by atoms with van der Waals surface area (Å²) in [5.74, 6) is 1.35. The Kier molecular flexibility index (Phi) is 6.32. The fourth-order valence-electron chi connectivity index (χ4n) is 3.24. The minimum atomic E-state index is -0.176. The first-order valence-electron chi connectivity index (χ1n) is 10.3. The molecule has 1 amide bonds. The molecule has 0 aliphatic carbocycles. The minimum absolute atomic E-state index is 0.176. The van der Waals surface area contributed by atoms with Crippen LogP contribution in [0.25, 0.3) is 16.9 Å². The Bertz CT molecular complexity index is 1200. The lowest BCUT2D eigenvalue weighted by molar-refractivity contribution is 0.102. The largest absolute Gasteiger partial charge is 0.497 e. The lowest BCUT2D eigenvalue weighted by Crippen LogP contribution is -2.21. The monoisotopic (exact) mass is 430 g/mol. The van der Waals surface area contributed by atoms with Gasteiger partial charge in [-0.05, 0) is 62.6 Å². The molecule has 4 aromatic rings. The van der Waals surface area contributed by atoms with E-state index in [0.717, 1.165) is 41.6 Å². The van der Waals surface area contributed by atoms with Crippen molar-refractivity contribution >= 4 is 23.1 Å². The van der Waals surface area contributed by atoms with Gasteiger partial charge in [-0.15, -0.1) is 5.10 Å². The van der Waals surface area contributed by atoms with Crippen molar-refractivity contribution in [2.45, 2.75) is 0 Å². The molecule has 0 bridgehead atoms. The van der Waals surface area contributed by atoms with Crippen LogP contribution in [-0.4, -0.2) is 59.7 Å². The van der Waals surface area contributed by atoms with Crippen LogP contribution in [0.5, 0.6) is 5.75 Å². The normalized spacial score (nSPS) is 11.0. The highest BCUT2D eigenvalue weighted by Gasteiger charge is 2.11. The third-order valence-corrected chi connectivity index (χ3v) is 5.02. The van der Waals surface area contributed by atoms with Crippen molar-refractivity contribution in [1.82, 2.24) is 19.5 Å². The number of aromatic nitrogens is 3. The Balaban J connectivity index is 1.49. The van der Waals surface area contributed by atoms with Crippen LogP contribution in [0.1, 0.15) is 10.4 Å². The van der Waals surface area contributed by atoms with Gasteiger partial charge in [-0.3, -0.25) is 4.79 Å². The third-order valence-electron chi connectivity index (χ3n) is 5.02. The van der Waals surface area contributed by atoms with E-state index >= 15 is 0 Å². The number of hydrogen-bond acceptors (Lipinski definition) is 6. The quantitative estimate of drug-likeness (QED) is 0.444. The first-order valence-corrected chi connectivity index (χ1v) is 10.3. The van der Waals surface area contributed by atoms with E-state index in [1.54, 1.807) is 49.7 Å². The second kappa shape index (κ2) is 9.49. The molecule has 0 aliphatic heterocycles. The van der Waals surface area contributed by atoms with Crippen molar-refractivity contribution in [2.24, 2.45) is 0 Å². The summed E-state index contributed by atoms with van der Waals surface area (Å²) < 4.78 is 6.95. The van der Waals surface area contributed by atoms with E-state index in [1.165, 1.54) is 0 Å². The third kappa shape index (κ3) is 4.87. The number of nitrogens with zero attached hydrogens (tertiary/aromatic N) is 4. The summed E-state index contributed by atoms with van der Waals surface area (Å²) in [4.78, 5) is 19.1. The predicted molar refractivity (Wildman–Crippen MR) is 126 cm³/mol. The fraction of sp³-hybridized carbons (Fsp3) is 0.208. The highest BCUT2D eigenvalue weighted by atomic mass is 16.5. The molecule has 0 unspecified atom stereocenters. The van der Waals surface area contributed by atoms with Gasteiger partial charge in [0.2, 0.25) is 0 Å². The molecular weight excluding hydrogens is 404 g/mol. The van der Waals surface area contributed by atoms with E-state index in [9.17, 15) is 4.79 Å². The molecule has 0 saturated heterocycles. The molecular formula is C24H26N6O2. The number of benzene rings is 2. The Labute approximate surface area is 186 Å². The molecule has 2 aromatic carbocycles. The highest BCUT2D eigenvalue weighted by molar-refractivity contribution is 6.04. The number of imidazole rings is 1. The molecule has 0 spiro atoms. The zero-order valence-corrected chi connectivity index (χ0v) is 18.4. The number of likely N-dealkylation sites (N-methyl/N-ethyl adjacent to an activating group) is 1. The van der Waals surface area contributed by atoms with E-state index in [1.807, 2.05) is 42.9 Å². The van der Waals surface area contributed by atoms with Crippen LogP contribution in [0.4, 0.5) is 11.5 Å². The van der Waals surface area contributed by atoms with Crippen LogP contribution in [0.3, 0.4) is 0 Å². The molecule has 4 rings (SSSR count). The van der Waals surface area contributed by atoms with Crippen LogP contribution in [0.15, 0.2) is 66.9 Å². The van der Waals surface area contributed by atoms with Gasteiger partial charge in [-0.1, -0.05) is 12.1 Å². The van der Waals surface area contributed by atoms with Crippen LogP contribution >= 0.6 is 0 Å². The molecule has 8 heteroatoms. The van der Waals surface area contributed by atoms with Gasteiger partial charge < -0.3 is 20.3 Å². The van der Waals surface area contributed by atoms with Crippen LogP contribution in [0.2, 0.25) is 0 Å². The van der Waals surface area contributed by atoms with Crippen LogP contribution in [-0.2, 0) is 0 Å². The van der Waals surface area contributed by atoms with Crippen molar-refractivity contribution < 1.29 is 9.53 Å². The number of carbonyl (C=O) groups excluding carboxylic acids is 1. The maximum Gasteiger partial charge on any atom is 0.255 e. The van der Waals surface area contributed by atoms with E-state index in [-0.39, 0.29) is 5.91 Å². The molecule has 0 saturated carbocycles. The topological polar surface area (TPSA) is 83.8 Å². The van der Waals surface area contributed by atoms with Crippen molar-refractivity contribution in [3.05, 3.63) is 72.4 Å². The number of ether oxygens (including phenoxy) is 1. The summed E-state index contributed by atoms with van der Waals surface area (Å²) in [6.45, 7) is 1.71. The second-order valence-electron chi connectivity index (χ2n) is 7.62. The van der Waals surface area contributed by atoms with Crippen LogP contribution < -0.4 is 15.4 Å². The van der Waals surface area contributed by atoms with Crippen molar-refractivity contribution in [3.63, 3.8) is 0 Å². The van der Waals surface area contributed by atoms with Gasteiger partial charge in [0.05, 0.1) is 19.0 Å². The van der Waals surface area contributed by atoms with E-state index in [4.69, 9.17) is 4.74 Å². The first-order chi connectivity index (χ1) is 15.5. The average Bonchev–Trinajstić information content (AvgIpc) is 3.23. The Hall–Kier alpha value is -3.91. The number of rotatable bonds is 8. The summed E-state index contributed by atoms with van der Waals surface area (Å²) in [6, 6.07) is 18.5. The fourth-order valence-corrected chi connectivity index (χ4v) is 3.24. The standard InChI is InChI=1S/C24H26N6O2/c1-29(2)15-14-25-22-12-13-23-26-16-21(30(23)28-22)17-4-6-18(7-5-17)24(31)27-19-8-10-20(32-3)11-9-19/h4-13,16H,14-15H2,1-3H3,(H,25,28)(H,27,31). The summed E-state index contributed by atoms with van der Waals surface area (Å²) in [5, 5.41) is 10.9. The molecule has 2 heterocycles. The molecule has 164 valence electrons. The molecule has 2 aromatic heterocycles. The molecule has 0 atom stereocenters. The minimum Gasteiger partial charge on any atom is -0.497 e. The van der Waals surface area contributed by atoms with Gasteiger partial charge in [-0.25, -0.2) is 9.50 Å². The number of carbonyl (C=O) groups is 1. The maximum atomic E-state index is 12.6. The van der Waals surface area contributed by atoms with Gasteiger partial charge in [0.25, 0.3) is 5.91 Å². The lowest BCUT2D eigenvalue weighted by atomic mass is 10.1. The van der Waals surface area contributed by atoms with E-state index < -0.39 is 0 Å². The van der Waals surface area contributed by atoms with Crippen molar-refractivity contribution in [2.75, 3.05) is 44.9 Å². The number of amides is 1. The summed E-state index contributed by atoms with van der Waals surface area (Å²) >= 11 is 0. The number of hydrogen-bond donors (Lipinski definition) is 2.